The van der Waals surface area contributed by atoms with Crippen molar-refractivity contribution >= 4 is 21.8 Å². The number of para-hydroxylation sites is 1. The minimum Gasteiger partial charge on any atom is -0.309 e. The first kappa shape index (κ1) is 36.8. The predicted molar refractivity (Wildman–Crippen MR) is 255 cm³/mol. The second-order valence-corrected chi connectivity index (χ2v) is 16.5. The Balaban J connectivity index is 1.04. The van der Waals surface area contributed by atoms with E-state index in [2.05, 4.69) is 224 Å². The molecular weight excluding hydrogens is 737 g/mol. The van der Waals surface area contributed by atoms with Gasteiger partial charge in [0.25, 0.3) is 0 Å². The van der Waals surface area contributed by atoms with Gasteiger partial charge in [0.05, 0.1) is 22.1 Å². The summed E-state index contributed by atoms with van der Waals surface area (Å²) in [5, 5.41) is 2.51. The van der Waals surface area contributed by atoms with Gasteiger partial charge in [0, 0.05) is 33.6 Å². The lowest BCUT2D eigenvalue weighted by Gasteiger charge is -2.38. The predicted octanol–water partition coefficient (Wildman–Crippen LogP) is 15.0. The van der Waals surface area contributed by atoms with Crippen LogP contribution in [0.2, 0.25) is 0 Å². The van der Waals surface area contributed by atoms with Gasteiger partial charge < -0.3 is 4.57 Å². The van der Waals surface area contributed by atoms with Crippen LogP contribution in [0.5, 0.6) is 0 Å². The number of benzene rings is 8. The van der Waals surface area contributed by atoms with Crippen molar-refractivity contribution in [3.05, 3.63) is 252 Å². The van der Waals surface area contributed by atoms with E-state index in [4.69, 9.17) is 0 Å². The smallest absolute Gasteiger partial charge is 0.0701 e. The van der Waals surface area contributed by atoms with Gasteiger partial charge in [-0.25, -0.2) is 0 Å². The first-order valence-electron chi connectivity index (χ1n) is 21.7. The van der Waals surface area contributed by atoms with Crippen LogP contribution >= 0.6 is 0 Å². The van der Waals surface area contributed by atoms with E-state index in [1.807, 2.05) is 18.3 Å². The van der Waals surface area contributed by atoms with Crippen molar-refractivity contribution in [2.24, 2.45) is 0 Å². The minimum absolute atomic E-state index is 0.131. The summed E-state index contributed by atoms with van der Waals surface area (Å²) in [5.41, 5.74) is 18.2. The number of rotatable bonds is 9. The molecule has 0 atom stereocenters. The zero-order valence-electron chi connectivity index (χ0n) is 34.6. The normalized spacial score (nSPS) is 13.0. The van der Waals surface area contributed by atoms with Crippen molar-refractivity contribution in [2.75, 3.05) is 0 Å². The summed E-state index contributed by atoms with van der Waals surface area (Å²) in [6.07, 6.45) is 3.87. The maximum Gasteiger partial charge on any atom is 0.0701 e. The summed E-state index contributed by atoms with van der Waals surface area (Å²) in [6, 6.07) is 78.6. The third-order valence-electron chi connectivity index (χ3n) is 13.7. The molecule has 0 saturated carbocycles. The molecule has 2 aromatic heterocycles. The van der Waals surface area contributed by atoms with Crippen LogP contribution in [0.3, 0.4) is 0 Å². The quantitative estimate of drug-likeness (QED) is 0.133. The number of aromatic nitrogens is 2. The Bertz CT molecular complexity index is 3080. The summed E-state index contributed by atoms with van der Waals surface area (Å²) in [6.45, 7) is 4.76. The summed E-state index contributed by atoms with van der Waals surface area (Å²) in [5.74, 6) is 0. The molecule has 0 N–H and O–H groups in total. The highest BCUT2D eigenvalue weighted by Crippen LogP contribution is 2.56. The molecule has 0 spiro atoms. The Morgan fingerprint density at radius 1 is 0.426 bits per heavy atom. The first-order valence-corrected chi connectivity index (χ1v) is 21.7. The molecule has 1 aliphatic carbocycles. The van der Waals surface area contributed by atoms with Gasteiger partial charge in [0.15, 0.2) is 0 Å². The van der Waals surface area contributed by atoms with Crippen LogP contribution in [-0.4, -0.2) is 9.55 Å². The van der Waals surface area contributed by atoms with Gasteiger partial charge in [-0.2, -0.15) is 0 Å². The topological polar surface area (TPSA) is 17.8 Å². The van der Waals surface area contributed by atoms with Crippen molar-refractivity contribution in [3.8, 4) is 39.2 Å². The molecule has 0 unspecified atom stereocenters. The fourth-order valence-electron chi connectivity index (χ4n) is 10.7. The van der Waals surface area contributed by atoms with E-state index < -0.39 is 5.41 Å². The van der Waals surface area contributed by atoms with Gasteiger partial charge in [-0.15, -0.1) is 0 Å². The average Bonchev–Trinajstić information content (AvgIpc) is 3.82. The van der Waals surface area contributed by atoms with E-state index in [0.29, 0.717) is 0 Å². The van der Waals surface area contributed by atoms with E-state index in [9.17, 15) is 0 Å². The third-order valence-corrected chi connectivity index (χ3v) is 13.7. The van der Waals surface area contributed by atoms with Crippen molar-refractivity contribution in [2.45, 2.75) is 37.5 Å². The number of fused-ring (bicyclic) bond motifs is 6. The van der Waals surface area contributed by atoms with Gasteiger partial charge in [-0.3, -0.25) is 4.98 Å². The molecule has 61 heavy (non-hydrogen) atoms. The van der Waals surface area contributed by atoms with Crippen LogP contribution in [0, 0.1) is 0 Å². The molecule has 292 valence electrons. The molecule has 0 radical (unpaired) electrons. The van der Waals surface area contributed by atoms with Crippen molar-refractivity contribution in [3.63, 3.8) is 0 Å². The van der Waals surface area contributed by atoms with Gasteiger partial charge in [-0.1, -0.05) is 178 Å². The van der Waals surface area contributed by atoms with E-state index >= 15 is 0 Å². The zero-order chi connectivity index (χ0) is 41.0. The molecule has 10 aromatic rings. The Labute approximate surface area is 358 Å². The lowest BCUT2D eigenvalue weighted by molar-refractivity contribution is 0.489. The van der Waals surface area contributed by atoms with E-state index in [0.717, 1.165) is 29.8 Å². The summed E-state index contributed by atoms with van der Waals surface area (Å²) in [4.78, 5) is 4.57. The van der Waals surface area contributed by atoms with Crippen LogP contribution in [-0.2, 0) is 10.8 Å². The van der Waals surface area contributed by atoms with Crippen LogP contribution in [0.1, 0.15) is 60.1 Å². The molecule has 0 bridgehead atoms. The maximum absolute atomic E-state index is 4.57. The van der Waals surface area contributed by atoms with Gasteiger partial charge in [-0.05, 0) is 117 Å². The molecule has 1 aliphatic rings. The van der Waals surface area contributed by atoms with E-state index in [-0.39, 0.29) is 5.41 Å². The molecule has 0 aliphatic heterocycles. The highest BCUT2D eigenvalue weighted by molar-refractivity contribution is 6.10. The fraction of sp³-hybridized carbons (Fsp3) is 0.102. The van der Waals surface area contributed by atoms with E-state index in [1.165, 1.54) is 77.4 Å². The molecule has 0 saturated heterocycles. The molecule has 0 amide bonds. The lowest BCUT2D eigenvalue weighted by Crippen LogP contribution is -2.32. The molecular formula is C59H46N2. The van der Waals surface area contributed by atoms with Crippen molar-refractivity contribution in [1.82, 2.24) is 9.55 Å². The highest BCUT2D eigenvalue weighted by atomic mass is 15.0. The summed E-state index contributed by atoms with van der Waals surface area (Å²) in [7, 11) is 0. The SMILES string of the molecule is CCC1(CC)c2cc(-c3ccc4c(c3)c3ccccc3n4-c3ccc(-c4ccccn4)cc3)ccc2-c2ccc(C(c3ccccc3)(c3ccccc3)c3ccccc3)cc21. The number of nitrogens with zero attached hydrogens (tertiary/aromatic N) is 2. The van der Waals surface area contributed by atoms with Crippen LogP contribution in [0.25, 0.3) is 61.0 Å². The Morgan fingerprint density at radius 2 is 0.951 bits per heavy atom. The van der Waals surface area contributed by atoms with Crippen LogP contribution in [0.4, 0.5) is 0 Å². The average molecular weight is 783 g/mol. The minimum atomic E-state index is -0.498. The molecule has 2 nitrogen and oxygen atoms in total. The van der Waals surface area contributed by atoms with Gasteiger partial charge >= 0.3 is 0 Å². The fourth-order valence-corrected chi connectivity index (χ4v) is 10.7. The Hall–Kier alpha value is -7.29. The second-order valence-electron chi connectivity index (χ2n) is 16.5. The lowest BCUT2D eigenvalue weighted by atomic mass is 9.64. The second kappa shape index (κ2) is 14.8. The Morgan fingerprint density at radius 3 is 1.57 bits per heavy atom. The third kappa shape index (κ3) is 5.66. The van der Waals surface area contributed by atoms with Crippen LogP contribution < -0.4 is 0 Å². The standard InChI is InChI=1S/C59H46N2/c1-3-58(4-2)53-39-43(42-30-36-57-52(38-42)51-24-14-15-26-56(51)61(57)48-32-27-41(28-33-48)55-25-16-17-37-60-55)29-34-49(53)50-35-31-47(40-54(50)58)59(44-18-8-5-9-19-44,45-20-10-6-11-21-45)46-22-12-7-13-23-46/h5-40H,3-4H2,1-2H3. The van der Waals surface area contributed by atoms with Crippen molar-refractivity contribution < 1.29 is 0 Å². The maximum atomic E-state index is 4.57. The number of hydrogen-bond donors (Lipinski definition) is 0. The largest absolute Gasteiger partial charge is 0.309 e. The Kier molecular flexibility index (Phi) is 8.90. The van der Waals surface area contributed by atoms with Gasteiger partial charge in [0.2, 0.25) is 0 Å². The highest BCUT2D eigenvalue weighted by Gasteiger charge is 2.44. The molecule has 8 aromatic carbocycles. The summed E-state index contributed by atoms with van der Waals surface area (Å²) < 4.78 is 2.40. The molecule has 0 fully saturated rings. The number of pyridine rings is 1. The zero-order valence-corrected chi connectivity index (χ0v) is 34.6. The first-order chi connectivity index (χ1) is 30.1. The molecule has 2 heteroatoms. The van der Waals surface area contributed by atoms with E-state index in [1.54, 1.807) is 0 Å². The van der Waals surface area contributed by atoms with Crippen molar-refractivity contribution in [1.29, 1.82) is 0 Å². The summed E-state index contributed by atoms with van der Waals surface area (Å²) >= 11 is 0. The van der Waals surface area contributed by atoms with Crippen LogP contribution in [0.15, 0.2) is 219 Å². The molecule has 11 rings (SSSR count). The van der Waals surface area contributed by atoms with Gasteiger partial charge in [0.1, 0.15) is 0 Å². The molecule has 2 heterocycles. The number of hydrogen-bond acceptors (Lipinski definition) is 1. The monoisotopic (exact) mass is 782 g/mol.